The van der Waals surface area contributed by atoms with Crippen LogP contribution in [0.4, 0.5) is 0 Å². The van der Waals surface area contributed by atoms with Gasteiger partial charge in [0.25, 0.3) is 5.56 Å². The maximum absolute atomic E-state index is 12.2. The molecule has 5 heteroatoms. The molecule has 3 nitrogen and oxygen atoms in total. The molecule has 0 saturated heterocycles. The molecular weight excluding hydrogens is 336 g/mol. The number of hydrogen-bond donors (Lipinski definition) is 1. The van der Waals surface area contributed by atoms with E-state index in [4.69, 9.17) is 0 Å². The molecule has 0 aromatic carbocycles. The number of nitrogens with one attached hydrogen (secondary N) is 1. The Labute approximate surface area is 130 Å². The zero-order valence-electron chi connectivity index (χ0n) is 11.4. The Kier molecular flexibility index (Phi) is 4.10. The minimum atomic E-state index is 0.102. The lowest BCUT2D eigenvalue weighted by Gasteiger charge is -2.27. The van der Waals surface area contributed by atoms with E-state index in [1.807, 2.05) is 23.7 Å². The van der Waals surface area contributed by atoms with E-state index in [1.165, 1.54) is 16.1 Å². The highest BCUT2D eigenvalue weighted by Gasteiger charge is 2.22. The highest BCUT2D eigenvalue weighted by Crippen LogP contribution is 2.29. The van der Waals surface area contributed by atoms with Crippen LogP contribution in [-0.4, -0.2) is 11.6 Å². The maximum Gasteiger partial charge on any atom is 0.251 e. The number of pyridine rings is 1. The Bertz CT molecular complexity index is 677. The molecule has 0 spiro atoms. The molecule has 3 rings (SSSR count). The first-order valence-corrected chi connectivity index (χ1v) is 8.44. The fourth-order valence-electron chi connectivity index (χ4n) is 2.93. The van der Waals surface area contributed by atoms with E-state index in [-0.39, 0.29) is 5.56 Å². The van der Waals surface area contributed by atoms with Gasteiger partial charge >= 0.3 is 0 Å². The van der Waals surface area contributed by atoms with E-state index in [2.05, 4.69) is 27.3 Å². The Balaban J connectivity index is 2.04. The second kappa shape index (κ2) is 5.84. The summed E-state index contributed by atoms with van der Waals surface area (Å²) in [6.07, 6.45) is 3.28. The van der Waals surface area contributed by atoms with Crippen LogP contribution in [-0.2, 0) is 13.0 Å². The quantitative estimate of drug-likeness (QED) is 0.919. The summed E-state index contributed by atoms with van der Waals surface area (Å²) in [4.78, 5) is 13.4. The molecule has 0 amide bonds. The van der Waals surface area contributed by atoms with Gasteiger partial charge in [-0.25, -0.2) is 0 Å². The molecule has 1 aliphatic carbocycles. The van der Waals surface area contributed by atoms with E-state index >= 15 is 0 Å². The second-order valence-corrected chi connectivity index (χ2v) is 7.65. The number of halogens is 1. The molecule has 2 aromatic rings. The molecule has 0 aliphatic heterocycles. The summed E-state index contributed by atoms with van der Waals surface area (Å²) in [5.41, 5.74) is 2.59. The normalized spacial score (nSPS) is 18.0. The molecule has 0 bridgehead atoms. The molecule has 0 saturated carbocycles. The number of hydrogen-bond acceptors (Lipinski definition) is 3. The first-order valence-electron chi connectivity index (χ1n) is 6.83. The van der Waals surface area contributed by atoms with Gasteiger partial charge < -0.3 is 9.88 Å². The highest BCUT2D eigenvalue weighted by molar-refractivity contribution is 9.11. The molecule has 106 valence electrons. The summed E-state index contributed by atoms with van der Waals surface area (Å²) in [7, 11) is 1.99. The summed E-state index contributed by atoms with van der Waals surface area (Å²) in [6.45, 7) is 0.675. The molecule has 1 atom stereocenters. The van der Waals surface area contributed by atoms with Crippen molar-refractivity contribution in [2.75, 3.05) is 7.05 Å². The van der Waals surface area contributed by atoms with Crippen LogP contribution < -0.4 is 10.9 Å². The molecule has 1 unspecified atom stereocenters. The third-order valence-corrected chi connectivity index (χ3v) is 5.51. The summed E-state index contributed by atoms with van der Waals surface area (Å²) in [5, 5.41) is 3.35. The lowest BCUT2D eigenvalue weighted by atomic mass is 9.91. The van der Waals surface area contributed by atoms with Crippen LogP contribution in [0, 0.1) is 0 Å². The average molecular weight is 353 g/mol. The van der Waals surface area contributed by atoms with E-state index in [1.54, 1.807) is 17.4 Å². The fourth-order valence-corrected chi connectivity index (χ4v) is 4.40. The van der Waals surface area contributed by atoms with E-state index in [0.29, 0.717) is 12.6 Å². The first-order chi connectivity index (χ1) is 9.69. The van der Waals surface area contributed by atoms with E-state index < -0.39 is 0 Å². The Morgan fingerprint density at radius 3 is 2.95 bits per heavy atom. The zero-order valence-corrected chi connectivity index (χ0v) is 13.8. The SMILES string of the molecule is CNC1CCCc2c1ccc(=O)n2Cc1ccc(Br)s1. The van der Waals surface area contributed by atoms with Gasteiger partial charge in [0.2, 0.25) is 0 Å². The van der Waals surface area contributed by atoms with Crippen LogP contribution in [0.25, 0.3) is 0 Å². The van der Waals surface area contributed by atoms with E-state index in [9.17, 15) is 4.79 Å². The van der Waals surface area contributed by atoms with Gasteiger partial charge in [0.1, 0.15) is 0 Å². The Morgan fingerprint density at radius 1 is 1.40 bits per heavy atom. The van der Waals surface area contributed by atoms with Crippen LogP contribution in [0.5, 0.6) is 0 Å². The number of aromatic nitrogens is 1. The first kappa shape index (κ1) is 14.0. The summed E-state index contributed by atoms with van der Waals surface area (Å²) >= 11 is 5.17. The van der Waals surface area contributed by atoms with Crippen LogP contribution in [0.1, 0.15) is 35.0 Å². The van der Waals surface area contributed by atoms with Crippen molar-refractivity contribution >= 4 is 27.3 Å². The van der Waals surface area contributed by atoms with Gasteiger partial charge in [0, 0.05) is 22.7 Å². The van der Waals surface area contributed by atoms with Crippen molar-refractivity contribution in [3.63, 3.8) is 0 Å². The monoisotopic (exact) mass is 352 g/mol. The summed E-state index contributed by atoms with van der Waals surface area (Å²) < 4.78 is 3.05. The standard InChI is InChI=1S/C15H17BrN2OS/c1-17-12-3-2-4-13-11(12)6-8-15(19)18(13)9-10-5-7-14(16)20-10/h5-8,12,17H,2-4,9H2,1H3. The van der Waals surface area contributed by atoms with Crippen LogP contribution >= 0.6 is 27.3 Å². The predicted octanol–water partition coefficient (Wildman–Crippen LogP) is 3.32. The van der Waals surface area contributed by atoms with Gasteiger partial charge in [0.05, 0.1) is 10.3 Å². The lowest BCUT2D eigenvalue weighted by molar-refractivity contribution is 0.473. The van der Waals surface area contributed by atoms with Gasteiger partial charge in [-0.15, -0.1) is 11.3 Å². The molecule has 0 radical (unpaired) electrons. The number of thiophene rings is 1. The Hall–Kier alpha value is -0.910. The minimum absolute atomic E-state index is 0.102. The summed E-state index contributed by atoms with van der Waals surface area (Å²) in [5.74, 6) is 0. The molecule has 20 heavy (non-hydrogen) atoms. The fraction of sp³-hybridized carbons (Fsp3) is 0.400. The maximum atomic E-state index is 12.2. The molecular formula is C15H17BrN2OS. The van der Waals surface area contributed by atoms with Gasteiger partial charge in [-0.2, -0.15) is 0 Å². The van der Waals surface area contributed by atoms with Crippen molar-refractivity contribution in [1.29, 1.82) is 0 Å². The molecule has 1 N–H and O–H groups in total. The zero-order chi connectivity index (χ0) is 14.1. The Morgan fingerprint density at radius 2 is 2.25 bits per heavy atom. The molecule has 2 aromatic heterocycles. The highest BCUT2D eigenvalue weighted by atomic mass is 79.9. The topological polar surface area (TPSA) is 34.0 Å². The average Bonchev–Trinajstić information content (AvgIpc) is 2.86. The van der Waals surface area contributed by atoms with Crippen LogP contribution in [0.2, 0.25) is 0 Å². The number of fused-ring (bicyclic) bond motifs is 1. The third kappa shape index (κ3) is 2.62. The van der Waals surface area contributed by atoms with E-state index in [0.717, 1.165) is 23.0 Å². The van der Waals surface area contributed by atoms with Gasteiger partial charge in [-0.3, -0.25) is 4.79 Å². The number of rotatable bonds is 3. The van der Waals surface area contributed by atoms with Gasteiger partial charge in [0.15, 0.2) is 0 Å². The van der Waals surface area contributed by atoms with Crippen molar-refractivity contribution in [2.45, 2.75) is 31.8 Å². The van der Waals surface area contributed by atoms with Crippen molar-refractivity contribution < 1.29 is 0 Å². The van der Waals surface area contributed by atoms with Crippen LogP contribution in [0.15, 0.2) is 32.8 Å². The van der Waals surface area contributed by atoms with Crippen molar-refractivity contribution in [1.82, 2.24) is 9.88 Å². The van der Waals surface area contributed by atoms with Crippen molar-refractivity contribution in [2.24, 2.45) is 0 Å². The van der Waals surface area contributed by atoms with Gasteiger partial charge in [-0.05, 0) is 59.9 Å². The van der Waals surface area contributed by atoms with Crippen LogP contribution in [0.3, 0.4) is 0 Å². The predicted molar refractivity (Wildman–Crippen MR) is 86.6 cm³/mol. The third-order valence-electron chi connectivity index (χ3n) is 3.90. The molecule has 2 heterocycles. The smallest absolute Gasteiger partial charge is 0.251 e. The molecule has 1 aliphatic rings. The second-order valence-electron chi connectivity index (χ2n) is 5.10. The van der Waals surface area contributed by atoms with Crippen molar-refractivity contribution in [3.05, 3.63) is 54.5 Å². The van der Waals surface area contributed by atoms with Gasteiger partial charge in [-0.1, -0.05) is 6.07 Å². The van der Waals surface area contributed by atoms with Crippen molar-refractivity contribution in [3.8, 4) is 0 Å². The lowest BCUT2D eigenvalue weighted by Crippen LogP contribution is -2.30. The summed E-state index contributed by atoms with van der Waals surface area (Å²) in [6, 6.07) is 8.20. The minimum Gasteiger partial charge on any atom is -0.313 e. The number of nitrogens with zero attached hydrogens (tertiary/aromatic N) is 1. The largest absolute Gasteiger partial charge is 0.313 e. The molecule has 0 fully saturated rings.